The molecule has 0 atom stereocenters. The molecule has 0 radical (unpaired) electrons. The summed E-state index contributed by atoms with van der Waals surface area (Å²) in [6.07, 6.45) is 1.72. The lowest BCUT2D eigenvalue weighted by Crippen LogP contribution is -2.12. The number of thioether (sulfide) groups is 1. The van der Waals surface area contributed by atoms with Crippen LogP contribution in [0.2, 0.25) is 0 Å². The van der Waals surface area contributed by atoms with E-state index in [1.54, 1.807) is 12.3 Å². The second-order valence-corrected chi connectivity index (χ2v) is 6.26. The van der Waals surface area contributed by atoms with Gasteiger partial charge in [0.2, 0.25) is 0 Å². The van der Waals surface area contributed by atoms with E-state index in [0.717, 1.165) is 21.5 Å². The summed E-state index contributed by atoms with van der Waals surface area (Å²) >= 11 is 1.49. The number of aromatic nitrogens is 6. The predicted octanol–water partition coefficient (Wildman–Crippen LogP) is 2.62. The number of carbonyl (C=O) groups excluding carboxylic acids is 1. The average Bonchev–Trinajstić information content (AvgIpc) is 3.31. The third-order valence-electron chi connectivity index (χ3n) is 3.58. The fourth-order valence-electron chi connectivity index (χ4n) is 2.38. The topological polar surface area (TPSA) is 112 Å². The van der Waals surface area contributed by atoms with E-state index >= 15 is 0 Å². The van der Waals surface area contributed by atoms with Gasteiger partial charge in [-0.25, -0.2) is 0 Å². The summed E-state index contributed by atoms with van der Waals surface area (Å²) in [6, 6.07) is 13.0. The van der Waals surface area contributed by atoms with Crippen molar-refractivity contribution in [3.05, 3.63) is 60.0 Å². The molecule has 0 spiro atoms. The van der Waals surface area contributed by atoms with Crippen LogP contribution in [0.1, 0.15) is 16.2 Å². The highest BCUT2D eigenvalue weighted by Gasteiger charge is 2.13. The number of tetrazole rings is 1. The van der Waals surface area contributed by atoms with Crippen LogP contribution in [0.3, 0.4) is 0 Å². The molecule has 25 heavy (non-hydrogen) atoms. The van der Waals surface area contributed by atoms with Gasteiger partial charge in [-0.15, -0.1) is 22.0 Å². The summed E-state index contributed by atoms with van der Waals surface area (Å²) in [6.45, 7) is 0. The molecule has 4 rings (SSSR count). The van der Waals surface area contributed by atoms with Gasteiger partial charge >= 0.3 is 0 Å². The van der Waals surface area contributed by atoms with Crippen molar-refractivity contribution >= 4 is 34.3 Å². The standard InChI is InChI=1S/C16H13N7OS/c24-16(18-11-5-6-13-10(7-11)8-17-19-13)12-3-1-2-4-14(12)25-9-15-20-22-23-21-15/h1-8H,9H2,(H,17,19)(H,18,24)(H,20,21,22,23). The number of H-pyrrole nitrogens is 2. The first kappa shape index (κ1) is 15.3. The smallest absolute Gasteiger partial charge is 0.256 e. The Bertz CT molecular complexity index is 1010. The molecule has 0 aliphatic heterocycles. The third-order valence-corrected chi connectivity index (χ3v) is 4.65. The van der Waals surface area contributed by atoms with Crippen LogP contribution in [0.4, 0.5) is 5.69 Å². The minimum Gasteiger partial charge on any atom is -0.322 e. The normalized spacial score (nSPS) is 10.9. The molecule has 0 aliphatic carbocycles. The Labute approximate surface area is 146 Å². The Balaban J connectivity index is 1.52. The second-order valence-electron chi connectivity index (χ2n) is 5.24. The lowest BCUT2D eigenvalue weighted by atomic mass is 10.2. The summed E-state index contributed by atoms with van der Waals surface area (Å²) in [5.41, 5.74) is 2.24. The molecule has 0 bridgehead atoms. The van der Waals surface area contributed by atoms with Gasteiger partial charge in [-0.1, -0.05) is 17.3 Å². The molecule has 8 nitrogen and oxygen atoms in total. The van der Waals surface area contributed by atoms with E-state index in [2.05, 4.69) is 36.1 Å². The molecule has 1 amide bonds. The lowest BCUT2D eigenvalue weighted by molar-refractivity contribution is 0.102. The number of aromatic amines is 2. The van der Waals surface area contributed by atoms with E-state index in [-0.39, 0.29) is 5.91 Å². The first-order chi connectivity index (χ1) is 12.3. The zero-order valence-electron chi connectivity index (χ0n) is 12.9. The molecular weight excluding hydrogens is 338 g/mol. The number of hydrogen-bond acceptors (Lipinski definition) is 6. The molecule has 0 aliphatic rings. The molecule has 2 aromatic heterocycles. The SMILES string of the molecule is O=C(Nc1ccc2[nH]ncc2c1)c1ccccc1SCc1nn[nH]n1. The summed E-state index contributed by atoms with van der Waals surface area (Å²) in [5.74, 6) is 0.951. The van der Waals surface area contributed by atoms with Gasteiger partial charge in [0.1, 0.15) is 0 Å². The van der Waals surface area contributed by atoms with Crippen molar-refractivity contribution < 1.29 is 4.79 Å². The van der Waals surface area contributed by atoms with Gasteiger partial charge in [-0.05, 0) is 30.3 Å². The van der Waals surface area contributed by atoms with Gasteiger partial charge < -0.3 is 5.32 Å². The number of benzene rings is 2. The first-order valence-corrected chi connectivity index (χ1v) is 8.47. The Morgan fingerprint density at radius 1 is 1.20 bits per heavy atom. The van der Waals surface area contributed by atoms with Crippen molar-refractivity contribution in [3.8, 4) is 0 Å². The van der Waals surface area contributed by atoms with Crippen LogP contribution in [0.5, 0.6) is 0 Å². The highest BCUT2D eigenvalue weighted by Crippen LogP contribution is 2.26. The minimum absolute atomic E-state index is 0.168. The van der Waals surface area contributed by atoms with Crippen LogP contribution < -0.4 is 5.32 Å². The maximum atomic E-state index is 12.7. The maximum absolute atomic E-state index is 12.7. The van der Waals surface area contributed by atoms with E-state index < -0.39 is 0 Å². The zero-order valence-corrected chi connectivity index (χ0v) is 13.7. The van der Waals surface area contributed by atoms with Crippen LogP contribution in [0.15, 0.2) is 53.6 Å². The summed E-state index contributed by atoms with van der Waals surface area (Å²) in [4.78, 5) is 13.5. The number of nitrogens with one attached hydrogen (secondary N) is 3. The van der Waals surface area contributed by atoms with Crippen LogP contribution in [-0.4, -0.2) is 36.7 Å². The Hall–Kier alpha value is -3.20. The Kier molecular flexibility index (Phi) is 4.13. The number of amides is 1. The molecule has 2 heterocycles. The Morgan fingerprint density at radius 2 is 2.12 bits per heavy atom. The molecule has 4 aromatic rings. The molecule has 3 N–H and O–H groups in total. The molecule has 0 saturated carbocycles. The highest BCUT2D eigenvalue weighted by molar-refractivity contribution is 7.98. The van der Waals surface area contributed by atoms with Crippen LogP contribution in [0.25, 0.3) is 10.9 Å². The van der Waals surface area contributed by atoms with E-state index in [1.165, 1.54) is 11.8 Å². The molecule has 2 aromatic carbocycles. The van der Waals surface area contributed by atoms with E-state index in [1.807, 2.05) is 36.4 Å². The number of carbonyl (C=O) groups is 1. The Morgan fingerprint density at radius 3 is 3.00 bits per heavy atom. The summed E-state index contributed by atoms with van der Waals surface area (Å²) in [7, 11) is 0. The number of fused-ring (bicyclic) bond motifs is 1. The van der Waals surface area contributed by atoms with Crippen molar-refractivity contribution in [1.29, 1.82) is 0 Å². The lowest BCUT2D eigenvalue weighted by Gasteiger charge is -2.09. The first-order valence-electron chi connectivity index (χ1n) is 7.48. The van der Waals surface area contributed by atoms with E-state index in [0.29, 0.717) is 17.1 Å². The predicted molar refractivity (Wildman–Crippen MR) is 94.2 cm³/mol. The van der Waals surface area contributed by atoms with Crippen molar-refractivity contribution in [3.63, 3.8) is 0 Å². The average molecular weight is 351 g/mol. The van der Waals surface area contributed by atoms with Crippen molar-refractivity contribution in [2.45, 2.75) is 10.6 Å². The molecule has 0 saturated heterocycles. The molecule has 0 fully saturated rings. The van der Waals surface area contributed by atoms with Gasteiger partial charge in [0, 0.05) is 16.0 Å². The number of hydrogen-bond donors (Lipinski definition) is 3. The molecule has 9 heteroatoms. The van der Waals surface area contributed by atoms with Crippen LogP contribution >= 0.6 is 11.8 Å². The van der Waals surface area contributed by atoms with E-state index in [4.69, 9.17) is 0 Å². The number of anilines is 1. The second kappa shape index (κ2) is 6.73. The monoisotopic (exact) mass is 351 g/mol. The van der Waals surface area contributed by atoms with Crippen LogP contribution in [-0.2, 0) is 5.75 Å². The highest BCUT2D eigenvalue weighted by atomic mass is 32.2. The largest absolute Gasteiger partial charge is 0.322 e. The van der Waals surface area contributed by atoms with Gasteiger partial charge in [0.25, 0.3) is 5.91 Å². The van der Waals surface area contributed by atoms with Gasteiger partial charge in [0.15, 0.2) is 5.82 Å². The van der Waals surface area contributed by atoms with Crippen molar-refractivity contribution in [2.24, 2.45) is 0 Å². The summed E-state index contributed by atoms with van der Waals surface area (Å²) in [5, 5.41) is 24.5. The fraction of sp³-hybridized carbons (Fsp3) is 0.0625. The number of rotatable bonds is 5. The summed E-state index contributed by atoms with van der Waals surface area (Å²) < 4.78 is 0. The van der Waals surface area contributed by atoms with E-state index in [9.17, 15) is 4.79 Å². The molecular formula is C16H13N7OS. The third kappa shape index (κ3) is 3.36. The van der Waals surface area contributed by atoms with Crippen molar-refractivity contribution in [1.82, 2.24) is 30.8 Å². The van der Waals surface area contributed by atoms with Gasteiger partial charge in [-0.3, -0.25) is 9.89 Å². The van der Waals surface area contributed by atoms with Gasteiger partial charge in [0.05, 0.1) is 23.0 Å². The molecule has 124 valence electrons. The number of nitrogens with zero attached hydrogens (tertiary/aromatic N) is 4. The maximum Gasteiger partial charge on any atom is 0.256 e. The minimum atomic E-state index is -0.168. The molecule has 0 unspecified atom stereocenters. The quantitative estimate of drug-likeness (QED) is 0.477. The fourth-order valence-corrected chi connectivity index (χ4v) is 3.28. The zero-order chi connectivity index (χ0) is 17.1. The van der Waals surface area contributed by atoms with Gasteiger partial charge in [-0.2, -0.15) is 10.3 Å². The van der Waals surface area contributed by atoms with Crippen LogP contribution in [0, 0.1) is 0 Å². The van der Waals surface area contributed by atoms with Crippen molar-refractivity contribution in [2.75, 3.05) is 5.32 Å².